The van der Waals surface area contributed by atoms with Gasteiger partial charge in [0.1, 0.15) is 10.6 Å². The van der Waals surface area contributed by atoms with Gasteiger partial charge in [-0.3, -0.25) is 9.59 Å². The Morgan fingerprint density at radius 2 is 2.00 bits per heavy atom. The molecular weight excluding hydrogens is 428 g/mol. The third kappa shape index (κ3) is 4.17. The van der Waals surface area contributed by atoms with E-state index in [0.29, 0.717) is 39.4 Å². The number of imidazole rings is 1. The molecule has 1 saturated carbocycles. The van der Waals surface area contributed by atoms with Crippen LogP contribution in [0.1, 0.15) is 33.8 Å². The molecule has 5 rings (SSSR count). The van der Waals surface area contributed by atoms with Crippen molar-refractivity contribution in [1.82, 2.24) is 19.6 Å². The van der Waals surface area contributed by atoms with Crippen LogP contribution in [0.15, 0.2) is 42.0 Å². The summed E-state index contributed by atoms with van der Waals surface area (Å²) >= 11 is 1.30. The number of aromatic nitrogens is 4. The topological polar surface area (TPSA) is 111 Å². The maximum Gasteiger partial charge on any atom is 0.267 e. The van der Waals surface area contributed by atoms with E-state index in [-0.39, 0.29) is 17.7 Å². The smallest absolute Gasteiger partial charge is 0.267 e. The number of anilines is 2. The Labute approximate surface area is 187 Å². The Bertz CT molecular complexity index is 1340. The van der Waals surface area contributed by atoms with Crippen molar-refractivity contribution in [2.45, 2.75) is 26.7 Å². The Morgan fingerprint density at radius 1 is 1.16 bits per heavy atom. The van der Waals surface area contributed by atoms with Crippen LogP contribution in [0.25, 0.3) is 5.65 Å². The number of ether oxygens (including phenoxy) is 1. The van der Waals surface area contributed by atoms with Crippen LogP contribution in [0, 0.1) is 19.8 Å². The summed E-state index contributed by atoms with van der Waals surface area (Å²) in [6.45, 7) is 3.71. The third-order valence-corrected chi connectivity index (χ3v) is 6.05. The molecule has 4 aromatic rings. The molecule has 1 aliphatic carbocycles. The van der Waals surface area contributed by atoms with E-state index in [1.165, 1.54) is 11.3 Å². The molecule has 0 radical (unpaired) electrons. The van der Waals surface area contributed by atoms with Crippen LogP contribution in [0.5, 0.6) is 11.6 Å². The summed E-state index contributed by atoms with van der Waals surface area (Å²) in [5, 5.41) is 10.1. The van der Waals surface area contributed by atoms with E-state index < -0.39 is 0 Å². The molecule has 1 aliphatic rings. The highest BCUT2D eigenvalue weighted by atomic mass is 32.1. The predicted molar refractivity (Wildman–Crippen MR) is 120 cm³/mol. The van der Waals surface area contributed by atoms with Crippen LogP contribution in [-0.2, 0) is 4.79 Å². The van der Waals surface area contributed by atoms with Crippen LogP contribution in [-0.4, -0.2) is 31.4 Å². The van der Waals surface area contributed by atoms with E-state index in [4.69, 9.17) is 4.74 Å². The van der Waals surface area contributed by atoms with Crippen molar-refractivity contribution < 1.29 is 14.3 Å². The average Bonchev–Trinajstić information content (AvgIpc) is 3.41. The largest absolute Gasteiger partial charge is 0.438 e. The number of hydrogen-bond acceptors (Lipinski definition) is 7. The molecule has 0 saturated heterocycles. The molecule has 0 bridgehead atoms. The Balaban J connectivity index is 1.33. The van der Waals surface area contributed by atoms with Gasteiger partial charge in [-0.2, -0.15) is 0 Å². The minimum absolute atomic E-state index is 0.00682. The molecule has 3 aromatic heterocycles. The monoisotopic (exact) mass is 448 g/mol. The number of thiazole rings is 1. The minimum Gasteiger partial charge on any atom is -0.438 e. The lowest BCUT2D eigenvalue weighted by molar-refractivity contribution is -0.117. The van der Waals surface area contributed by atoms with Gasteiger partial charge in [-0.25, -0.2) is 14.5 Å². The lowest BCUT2D eigenvalue weighted by atomic mass is 10.2. The second-order valence-electron chi connectivity index (χ2n) is 7.66. The van der Waals surface area contributed by atoms with Gasteiger partial charge in [0.15, 0.2) is 11.5 Å². The van der Waals surface area contributed by atoms with E-state index in [1.54, 1.807) is 41.3 Å². The third-order valence-electron chi connectivity index (χ3n) is 5.13. The fraction of sp³-hybridized carbons (Fsp3) is 0.227. The zero-order chi connectivity index (χ0) is 22.2. The summed E-state index contributed by atoms with van der Waals surface area (Å²) in [7, 11) is 0. The van der Waals surface area contributed by atoms with Gasteiger partial charge in [-0.1, -0.05) is 6.07 Å². The van der Waals surface area contributed by atoms with Gasteiger partial charge in [0.05, 0.1) is 17.4 Å². The molecule has 0 aliphatic heterocycles. The van der Waals surface area contributed by atoms with Crippen LogP contribution < -0.4 is 15.4 Å². The van der Waals surface area contributed by atoms with E-state index >= 15 is 0 Å². The van der Waals surface area contributed by atoms with Gasteiger partial charge < -0.3 is 15.4 Å². The predicted octanol–water partition coefficient (Wildman–Crippen LogP) is 4.20. The molecule has 3 heterocycles. The summed E-state index contributed by atoms with van der Waals surface area (Å²) < 4.78 is 7.47. The zero-order valence-electron chi connectivity index (χ0n) is 17.5. The first-order valence-electron chi connectivity index (χ1n) is 10.1. The molecule has 1 fully saturated rings. The first-order chi connectivity index (χ1) is 15.5. The van der Waals surface area contributed by atoms with Crippen LogP contribution in [0.3, 0.4) is 0 Å². The first-order valence-corrected chi connectivity index (χ1v) is 11.0. The number of nitrogens with zero attached hydrogens (tertiary/aromatic N) is 4. The van der Waals surface area contributed by atoms with Crippen molar-refractivity contribution in [2.24, 2.45) is 5.92 Å². The highest BCUT2D eigenvalue weighted by Gasteiger charge is 2.30. The van der Waals surface area contributed by atoms with Crippen molar-refractivity contribution in [3.8, 4) is 11.6 Å². The van der Waals surface area contributed by atoms with Crippen molar-refractivity contribution >= 4 is 40.3 Å². The fourth-order valence-corrected chi connectivity index (χ4v) is 3.87. The molecule has 10 heteroatoms. The highest BCUT2D eigenvalue weighted by Crippen LogP contribution is 2.30. The molecule has 0 atom stereocenters. The number of aryl methyl sites for hydroxylation is 2. The van der Waals surface area contributed by atoms with Crippen molar-refractivity contribution in [2.75, 3.05) is 10.6 Å². The fourth-order valence-electron chi connectivity index (χ4n) is 3.17. The number of amides is 2. The maximum absolute atomic E-state index is 12.6. The summed E-state index contributed by atoms with van der Waals surface area (Å²) in [5.41, 5.74) is 4.50. The van der Waals surface area contributed by atoms with Crippen LogP contribution in [0.2, 0.25) is 0 Å². The first kappa shape index (κ1) is 20.1. The normalized spacial score (nSPS) is 13.2. The summed E-state index contributed by atoms with van der Waals surface area (Å²) in [5.74, 6) is 1.24. The Kier molecular flexibility index (Phi) is 5.06. The van der Waals surface area contributed by atoms with E-state index in [1.807, 2.05) is 19.1 Å². The average molecular weight is 449 g/mol. The van der Waals surface area contributed by atoms with E-state index in [2.05, 4.69) is 25.7 Å². The number of carbonyl (C=O) groups excluding carboxylic acids is 2. The number of rotatable bonds is 6. The van der Waals surface area contributed by atoms with Crippen molar-refractivity contribution in [3.05, 3.63) is 58.2 Å². The van der Waals surface area contributed by atoms with Gasteiger partial charge in [-0.15, -0.1) is 16.4 Å². The Hall–Kier alpha value is -3.79. The number of nitrogens with one attached hydrogen (secondary N) is 2. The molecule has 32 heavy (non-hydrogen) atoms. The summed E-state index contributed by atoms with van der Waals surface area (Å²) in [6, 6.07) is 8.90. The molecule has 1 aromatic carbocycles. The SMILES string of the molecule is Cc1ccc(Oc2ccc3nc(NC(=O)C4CC4)cn3n2)cc1NC(=O)c1scnc1C. The number of fused-ring (bicyclic) bond motifs is 1. The van der Waals surface area contributed by atoms with Gasteiger partial charge in [-0.05, 0) is 44.4 Å². The number of carbonyl (C=O) groups is 2. The zero-order valence-corrected chi connectivity index (χ0v) is 18.3. The molecule has 0 spiro atoms. The molecule has 162 valence electrons. The van der Waals surface area contributed by atoms with Gasteiger partial charge >= 0.3 is 0 Å². The lowest BCUT2D eigenvalue weighted by Gasteiger charge is -2.11. The van der Waals surface area contributed by atoms with E-state index in [0.717, 1.165) is 18.4 Å². The molecular formula is C22H20N6O3S. The highest BCUT2D eigenvalue weighted by molar-refractivity contribution is 7.12. The van der Waals surface area contributed by atoms with Crippen molar-refractivity contribution in [1.29, 1.82) is 0 Å². The Morgan fingerprint density at radius 3 is 2.75 bits per heavy atom. The molecule has 0 unspecified atom stereocenters. The second kappa shape index (κ2) is 8.04. The van der Waals surface area contributed by atoms with Gasteiger partial charge in [0.25, 0.3) is 5.91 Å². The van der Waals surface area contributed by atoms with Crippen LogP contribution >= 0.6 is 11.3 Å². The summed E-state index contributed by atoms with van der Waals surface area (Å²) in [6.07, 6.45) is 3.51. The summed E-state index contributed by atoms with van der Waals surface area (Å²) in [4.78, 5) is 33.6. The van der Waals surface area contributed by atoms with Crippen LogP contribution in [0.4, 0.5) is 11.5 Å². The molecule has 9 nitrogen and oxygen atoms in total. The number of hydrogen-bond donors (Lipinski definition) is 2. The van der Waals surface area contributed by atoms with Crippen molar-refractivity contribution in [3.63, 3.8) is 0 Å². The molecule has 2 N–H and O–H groups in total. The maximum atomic E-state index is 12.6. The molecule has 2 amide bonds. The van der Waals surface area contributed by atoms with Gasteiger partial charge in [0, 0.05) is 23.7 Å². The number of benzene rings is 1. The standard InChI is InChI=1S/C22H20N6O3S/c1-12-3-6-15(9-16(12)24-22(30)20-13(2)23-11-32-20)31-19-8-7-18-25-17(10-28(18)27-19)26-21(29)14-4-5-14/h3,6-11,14H,4-5H2,1-2H3,(H,24,30)(H,26,29). The second-order valence-corrected chi connectivity index (χ2v) is 8.52. The van der Waals surface area contributed by atoms with Gasteiger partial charge in [0.2, 0.25) is 11.8 Å². The quantitative estimate of drug-likeness (QED) is 0.457. The lowest BCUT2D eigenvalue weighted by Crippen LogP contribution is -2.13. The van der Waals surface area contributed by atoms with E-state index in [9.17, 15) is 9.59 Å². The minimum atomic E-state index is -0.205.